The standard InChI is InChI=1S/C6H7NO3.C4H5NO2/c1-2-9-6(8)5-7-3-4-10-5;6-3-4-5-1-2-7-4/h3-4H,2H2,1H3;1-2,6H,3H2. The van der Waals surface area contributed by atoms with E-state index in [1.165, 1.54) is 24.9 Å². The van der Waals surface area contributed by atoms with Crippen LogP contribution in [0.25, 0.3) is 0 Å². The molecule has 0 spiro atoms. The van der Waals surface area contributed by atoms with Crippen LogP contribution in [-0.2, 0) is 11.3 Å². The Morgan fingerprint density at radius 2 is 2.06 bits per heavy atom. The average molecular weight is 240 g/mol. The molecule has 0 amide bonds. The Kier molecular flexibility index (Phi) is 5.45. The van der Waals surface area contributed by atoms with Crippen LogP contribution < -0.4 is 0 Å². The number of hydrogen-bond donors (Lipinski definition) is 1. The molecule has 0 fully saturated rings. The molecular weight excluding hydrogens is 228 g/mol. The van der Waals surface area contributed by atoms with Crippen molar-refractivity contribution in [3.05, 3.63) is 36.7 Å². The van der Waals surface area contributed by atoms with Crippen LogP contribution in [-0.4, -0.2) is 27.7 Å². The largest absolute Gasteiger partial charge is 0.459 e. The molecule has 0 aliphatic heterocycles. The zero-order chi connectivity index (χ0) is 12.5. The molecule has 1 N–H and O–H groups in total. The first-order valence-electron chi connectivity index (χ1n) is 4.83. The van der Waals surface area contributed by atoms with Crippen molar-refractivity contribution in [2.45, 2.75) is 13.5 Å². The van der Waals surface area contributed by atoms with Gasteiger partial charge in [0, 0.05) is 0 Å². The molecule has 2 rings (SSSR count). The van der Waals surface area contributed by atoms with Crippen molar-refractivity contribution in [2.75, 3.05) is 6.61 Å². The van der Waals surface area contributed by atoms with Crippen molar-refractivity contribution >= 4 is 5.97 Å². The second kappa shape index (κ2) is 7.18. The Balaban J connectivity index is 0.000000181. The number of carbonyl (C=O) groups is 1. The molecule has 0 radical (unpaired) electrons. The van der Waals surface area contributed by atoms with E-state index in [0.29, 0.717) is 12.5 Å². The Labute approximate surface area is 97.1 Å². The van der Waals surface area contributed by atoms with Crippen molar-refractivity contribution in [2.24, 2.45) is 0 Å². The number of nitrogens with zero attached hydrogens (tertiary/aromatic N) is 2. The summed E-state index contributed by atoms with van der Waals surface area (Å²) in [7, 11) is 0. The first kappa shape index (κ1) is 12.9. The molecule has 0 unspecified atom stereocenters. The lowest BCUT2D eigenvalue weighted by Crippen LogP contribution is -2.04. The number of hydrogen-bond acceptors (Lipinski definition) is 7. The lowest BCUT2D eigenvalue weighted by Gasteiger charge is -1.93. The Bertz CT molecular complexity index is 410. The molecule has 7 nitrogen and oxygen atoms in total. The molecule has 2 aromatic heterocycles. The second-order valence-corrected chi connectivity index (χ2v) is 2.64. The van der Waals surface area contributed by atoms with E-state index in [-0.39, 0.29) is 12.5 Å². The van der Waals surface area contributed by atoms with E-state index in [1.54, 1.807) is 6.92 Å². The molecule has 0 atom stereocenters. The highest BCUT2D eigenvalue weighted by atomic mass is 16.5. The van der Waals surface area contributed by atoms with Crippen LogP contribution in [0.15, 0.2) is 33.8 Å². The van der Waals surface area contributed by atoms with Crippen LogP contribution in [0, 0.1) is 0 Å². The second-order valence-electron chi connectivity index (χ2n) is 2.64. The van der Waals surface area contributed by atoms with Crippen LogP contribution in [0.3, 0.4) is 0 Å². The molecule has 0 aliphatic rings. The number of aromatic nitrogens is 2. The maximum Gasteiger partial charge on any atom is 0.394 e. The monoisotopic (exact) mass is 240 g/mol. The van der Waals surface area contributed by atoms with Crippen molar-refractivity contribution < 1.29 is 23.5 Å². The van der Waals surface area contributed by atoms with Crippen LogP contribution in [0.4, 0.5) is 0 Å². The van der Waals surface area contributed by atoms with Gasteiger partial charge in [0.15, 0.2) is 0 Å². The van der Waals surface area contributed by atoms with Gasteiger partial charge in [-0.25, -0.2) is 14.8 Å². The summed E-state index contributed by atoms with van der Waals surface area (Å²) in [4.78, 5) is 17.9. The molecule has 17 heavy (non-hydrogen) atoms. The predicted molar refractivity (Wildman–Crippen MR) is 54.9 cm³/mol. The molecule has 92 valence electrons. The minimum atomic E-state index is -0.521. The van der Waals surface area contributed by atoms with Crippen LogP contribution >= 0.6 is 0 Å². The third kappa shape index (κ3) is 4.47. The van der Waals surface area contributed by atoms with Crippen molar-refractivity contribution in [3.8, 4) is 0 Å². The van der Waals surface area contributed by atoms with Gasteiger partial charge in [0.2, 0.25) is 5.89 Å². The van der Waals surface area contributed by atoms with E-state index in [2.05, 4.69) is 23.5 Å². The van der Waals surface area contributed by atoms with Gasteiger partial charge in [-0.05, 0) is 6.92 Å². The first-order valence-corrected chi connectivity index (χ1v) is 4.83. The van der Waals surface area contributed by atoms with Gasteiger partial charge in [-0.2, -0.15) is 0 Å². The summed E-state index contributed by atoms with van der Waals surface area (Å²) >= 11 is 0. The number of rotatable bonds is 3. The molecule has 0 aliphatic carbocycles. The number of carbonyl (C=O) groups excluding carboxylic acids is 1. The van der Waals surface area contributed by atoms with Gasteiger partial charge in [0.05, 0.1) is 19.0 Å². The van der Waals surface area contributed by atoms with E-state index in [4.69, 9.17) is 5.11 Å². The fourth-order valence-corrected chi connectivity index (χ4v) is 0.848. The molecular formula is C10H12N2O5. The summed E-state index contributed by atoms with van der Waals surface area (Å²) in [6.07, 6.45) is 5.63. The Hall–Kier alpha value is -2.15. The minimum absolute atomic E-state index is 0.00171. The highest BCUT2D eigenvalue weighted by molar-refractivity contribution is 5.83. The first-order chi connectivity index (χ1) is 8.27. The molecule has 0 aromatic carbocycles. The van der Waals surface area contributed by atoms with Crippen LogP contribution in [0.1, 0.15) is 23.5 Å². The molecule has 2 aromatic rings. The van der Waals surface area contributed by atoms with Crippen molar-refractivity contribution in [3.63, 3.8) is 0 Å². The van der Waals surface area contributed by atoms with Crippen molar-refractivity contribution in [1.29, 1.82) is 0 Å². The minimum Gasteiger partial charge on any atom is -0.459 e. The Morgan fingerprint density at radius 1 is 1.35 bits per heavy atom. The number of aliphatic hydroxyl groups is 1. The van der Waals surface area contributed by atoms with Gasteiger partial charge in [0.25, 0.3) is 0 Å². The van der Waals surface area contributed by atoms with Gasteiger partial charge in [-0.15, -0.1) is 0 Å². The van der Waals surface area contributed by atoms with E-state index in [0.717, 1.165) is 0 Å². The fourth-order valence-electron chi connectivity index (χ4n) is 0.848. The highest BCUT2D eigenvalue weighted by Crippen LogP contribution is 1.96. The van der Waals surface area contributed by atoms with Gasteiger partial charge in [-0.3, -0.25) is 0 Å². The summed E-state index contributed by atoms with van der Waals surface area (Å²) in [5.74, 6) is -0.158. The maximum absolute atomic E-state index is 10.7. The van der Waals surface area contributed by atoms with Gasteiger partial charge < -0.3 is 18.7 Å². The Morgan fingerprint density at radius 3 is 2.47 bits per heavy atom. The van der Waals surface area contributed by atoms with Crippen LogP contribution in [0.5, 0.6) is 0 Å². The molecule has 7 heteroatoms. The van der Waals surface area contributed by atoms with Crippen LogP contribution in [0.2, 0.25) is 0 Å². The predicted octanol–water partition coefficient (Wildman–Crippen LogP) is 1.02. The molecule has 0 saturated carbocycles. The van der Waals surface area contributed by atoms with E-state index in [9.17, 15) is 4.79 Å². The summed E-state index contributed by atoms with van der Waals surface area (Å²) in [6.45, 7) is 1.94. The summed E-state index contributed by atoms with van der Waals surface area (Å²) < 4.78 is 13.9. The molecule has 0 saturated heterocycles. The lowest BCUT2D eigenvalue weighted by atomic mass is 10.7. The summed E-state index contributed by atoms with van der Waals surface area (Å²) in [5, 5.41) is 8.27. The number of ether oxygens (including phenoxy) is 1. The third-order valence-electron chi connectivity index (χ3n) is 1.50. The number of esters is 1. The number of oxazole rings is 2. The molecule has 0 bridgehead atoms. The highest BCUT2D eigenvalue weighted by Gasteiger charge is 2.09. The van der Waals surface area contributed by atoms with E-state index in [1.807, 2.05) is 0 Å². The third-order valence-corrected chi connectivity index (χ3v) is 1.50. The fraction of sp³-hybridized carbons (Fsp3) is 0.300. The SMILES string of the molecule is CCOC(=O)c1ncco1.OCc1ncco1. The smallest absolute Gasteiger partial charge is 0.394 e. The topological polar surface area (TPSA) is 98.6 Å². The van der Waals surface area contributed by atoms with Gasteiger partial charge in [0.1, 0.15) is 19.1 Å². The summed E-state index contributed by atoms with van der Waals surface area (Å²) in [6, 6.07) is 0. The summed E-state index contributed by atoms with van der Waals surface area (Å²) in [5.41, 5.74) is 0. The zero-order valence-corrected chi connectivity index (χ0v) is 9.20. The average Bonchev–Trinajstić information content (AvgIpc) is 3.03. The normalized spacial score (nSPS) is 9.29. The number of aliphatic hydroxyl groups excluding tert-OH is 1. The van der Waals surface area contributed by atoms with E-state index < -0.39 is 5.97 Å². The van der Waals surface area contributed by atoms with Gasteiger partial charge in [-0.1, -0.05) is 0 Å². The van der Waals surface area contributed by atoms with Crippen molar-refractivity contribution in [1.82, 2.24) is 9.97 Å². The zero-order valence-electron chi connectivity index (χ0n) is 9.20. The molecule has 2 heterocycles. The quantitative estimate of drug-likeness (QED) is 0.799. The van der Waals surface area contributed by atoms with E-state index >= 15 is 0 Å². The maximum atomic E-state index is 10.7. The van der Waals surface area contributed by atoms with Gasteiger partial charge >= 0.3 is 11.9 Å². The lowest BCUT2D eigenvalue weighted by molar-refractivity contribution is 0.0481.